The molecule has 1 heterocycles. The van der Waals surface area contributed by atoms with E-state index in [1.54, 1.807) is 12.3 Å². The number of carbonyl (C=O) groups is 2. The molecule has 4 rings (SSSR count). The maximum atomic E-state index is 12.7. The zero-order valence-corrected chi connectivity index (χ0v) is 19.4. The Bertz CT molecular complexity index is 1110. The minimum atomic E-state index is -0.421. The molecule has 5 nitrogen and oxygen atoms in total. The van der Waals surface area contributed by atoms with Crippen LogP contribution in [0, 0.1) is 5.41 Å². The molecule has 1 unspecified atom stereocenters. The number of amides is 2. The van der Waals surface area contributed by atoms with Crippen LogP contribution in [0.5, 0.6) is 0 Å². The van der Waals surface area contributed by atoms with Gasteiger partial charge in [0.15, 0.2) is 0 Å². The average Bonchev–Trinajstić information content (AvgIpc) is 2.79. The van der Waals surface area contributed by atoms with Crippen molar-refractivity contribution in [3.05, 3.63) is 95.1 Å². The third kappa shape index (κ3) is 5.14. The van der Waals surface area contributed by atoms with Crippen LogP contribution in [0.25, 0.3) is 0 Å². The normalized spacial score (nSPS) is 15.9. The Labute approximate surface area is 194 Å². The molecule has 3 aromatic rings. The Kier molecular flexibility index (Phi) is 7.26. The molecule has 1 aliphatic heterocycles. The average molecular weight is 448 g/mol. The van der Waals surface area contributed by atoms with Crippen LogP contribution in [0.2, 0.25) is 0 Å². The molecule has 1 aliphatic rings. The minimum absolute atomic E-state index is 0.0221. The number of nitrogens with one attached hydrogen (secondary N) is 2. The van der Waals surface area contributed by atoms with Crippen molar-refractivity contribution in [3.63, 3.8) is 0 Å². The Morgan fingerprint density at radius 1 is 0.969 bits per heavy atom. The van der Waals surface area contributed by atoms with Crippen LogP contribution in [-0.2, 0) is 6.42 Å². The fourth-order valence-electron chi connectivity index (χ4n) is 4.10. The smallest absolute Gasteiger partial charge is 0.255 e. The standard InChI is InChI=1S/C25H25N3O2.CH4S/c1-25(2)15-19-14-17(23(26)29)11-12-21(19)28-22(25)16-7-6-8-18(13-16)24(30)27-20-9-4-3-5-10-20;1-2/h3-14,22,28H,15H2,1-2H3,(H2,26,29)(H,27,30);2H,1H3. The highest BCUT2D eigenvalue weighted by Gasteiger charge is 2.36. The largest absolute Gasteiger partial charge is 0.377 e. The maximum absolute atomic E-state index is 12.7. The van der Waals surface area contributed by atoms with Crippen molar-refractivity contribution in [2.24, 2.45) is 11.1 Å². The molecule has 0 saturated carbocycles. The number of thiol groups is 1. The monoisotopic (exact) mass is 447 g/mol. The summed E-state index contributed by atoms with van der Waals surface area (Å²) in [5, 5.41) is 6.54. The Morgan fingerprint density at radius 2 is 1.69 bits per heavy atom. The van der Waals surface area contributed by atoms with E-state index < -0.39 is 5.91 Å². The maximum Gasteiger partial charge on any atom is 0.255 e. The van der Waals surface area contributed by atoms with E-state index in [0.717, 1.165) is 28.9 Å². The molecule has 4 N–H and O–H groups in total. The molecule has 32 heavy (non-hydrogen) atoms. The topological polar surface area (TPSA) is 84.2 Å². The number of hydrogen-bond acceptors (Lipinski definition) is 4. The molecular formula is C26H29N3O2S. The second-order valence-electron chi connectivity index (χ2n) is 8.42. The van der Waals surface area contributed by atoms with Gasteiger partial charge >= 0.3 is 0 Å². The first-order valence-electron chi connectivity index (χ1n) is 10.4. The first-order chi connectivity index (χ1) is 15.3. The Balaban J connectivity index is 0.00000141. The van der Waals surface area contributed by atoms with Crippen LogP contribution in [0.3, 0.4) is 0 Å². The van der Waals surface area contributed by atoms with Crippen molar-refractivity contribution in [1.82, 2.24) is 0 Å². The summed E-state index contributed by atoms with van der Waals surface area (Å²) < 4.78 is 0. The van der Waals surface area contributed by atoms with Gasteiger partial charge < -0.3 is 16.4 Å². The zero-order valence-electron chi connectivity index (χ0n) is 18.6. The van der Waals surface area contributed by atoms with E-state index >= 15 is 0 Å². The van der Waals surface area contributed by atoms with Crippen molar-refractivity contribution in [2.75, 3.05) is 16.9 Å². The number of rotatable bonds is 4. The first kappa shape index (κ1) is 23.4. The molecule has 0 aromatic heterocycles. The number of carbonyl (C=O) groups excluding carboxylic acids is 2. The Morgan fingerprint density at radius 3 is 2.38 bits per heavy atom. The van der Waals surface area contributed by atoms with Gasteiger partial charge in [-0.25, -0.2) is 0 Å². The highest BCUT2D eigenvalue weighted by Crippen LogP contribution is 2.45. The Hall–Kier alpha value is -3.25. The third-order valence-corrected chi connectivity index (χ3v) is 5.63. The van der Waals surface area contributed by atoms with Gasteiger partial charge in [0.1, 0.15) is 0 Å². The summed E-state index contributed by atoms with van der Waals surface area (Å²) in [6.07, 6.45) is 2.49. The van der Waals surface area contributed by atoms with Crippen LogP contribution >= 0.6 is 12.6 Å². The van der Waals surface area contributed by atoms with Gasteiger partial charge in [-0.2, -0.15) is 12.6 Å². The molecule has 0 radical (unpaired) electrons. The van der Waals surface area contributed by atoms with Crippen LogP contribution in [0.15, 0.2) is 72.8 Å². The van der Waals surface area contributed by atoms with Gasteiger partial charge in [0.05, 0.1) is 6.04 Å². The summed E-state index contributed by atoms with van der Waals surface area (Å²) in [5.74, 6) is -0.557. The molecule has 0 saturated heterocycles. The fraction of sp³-hybridized carbons (Fsp3) is 0.231. The summed E-state index contributed by atoms with van der Waals surface area (Å²) in [6.45, 7) is 4.36. The molecule has 3 aromatic carbocycles. The lowest BCUT2D eigenvalue weighted by Gasteiger charge is -2.41. The predicted molar refractivity (Wildman–Crippen MR) is 135 cm³/mol. The molecule has 0 aliphatic carbocycles. The summed E-state index contributed by atoms with van der Waals surface area (Å²) in [6, 6.07) is 22.7. The van der Waals surface area contributed by atoms with Crippen LogP contribution in [-0.4, -0.2) is 18.1 Å². The number of hydrogen-bond donors (Lipinski definition) is 4. The van der Waals surface area contributed by atoms with Crippen molar-refractivity contribution in [1.29, 1.82) is 0 Å². The van der Waals surface area contributed by atoms with Gasteiger partial charge in [-0.1, -0.05) is 44.2 Å². The highest BCUT2D eigenvalue weighted by atomic mass is 32.1. The van der Waals surface area contributed by atoms with Gasteiger partial charge in [0.25, 0.3) is 5.91 Å². The number of para-hydroxylation sites is 1. The van der Waals surface area contributed by atoms with Crippen LogP contribution in [0.4, 0.5) is 11.4 Å². The lowest BCUT2D eigenvalue weighted by atomic mass is 9.72. The van der Waals surface area contributed by atoms with Gasteiger partial charge in [0, 0.05) is 22.5 Å². The van der Waals surface area contributed by atoms with E-state index in [1.165, 1.54) is 0 Å². The summed E-state index contributed by atoms with van der Waals surface area (Å²) in [7, 11) is 0. The van der Waals surface area contributed by atoms with E-state index in [4.69, 9.17) is 5.73 Å². The number of anilines is 2. The predicted octanol–water partition coefficient (Wildman–Crippen LogP) is 5.32. The minimum Gasteiger partial charge on any atom is -0.377 e. The van der Waals surface area contributed by atoms with Gasteiger partial charge in [-0.15, -0.1) is 0 Å². The molecule has 6 heteroatoms. The van der Waals surface area contributed by atoms with Gasteiger partial charge in [-0.05, 0) is 71.7 Å². The molecular weight excluding hydrogens is 418 g/mol. The number of fused-ring (bicyclic) bond motifs is 1. The van der Waals surface area contributed by atoms with E-state index in [2.05, 4.69) is 37.1 Å². The zero-order chi connectivity index (χ0) is 23.3. The van der Waals surface area contributed by atoms with Gasteiger partial charge in [0.2, 0.25) is 5.91 Å². The van der Waals surface area contributed by atoms with E-state index in [9.17, 15) is 9.59 Å². The summed E-state index contributed by atoms with van der Waals surface area (Å²) in [5.41, 5.74) is 10.3. The van der Waals surface area contributed by atoms with Crippen LogP contribution in [0.1, 0.15) is 51.7 Å². The summed E-state index contributed by atoms with van der Waals surface area (Å²) >= 11 is 3.53. The first-order valence-corrected chi connectivity index (χ1v) is 11.3. The quantitative estimate of drug-likeness (QED) is 0.409. The lowest BCUT2D eigenvalue weighted by Crippen LogP contribution is -2.35. The number of primary amides is 1. The number of benzene rings is 3. The van der Waals surface area contributed by atoms with E-state index in [1.807, 2.05) is 66.7 Å². The van der Waals surface area contributed by atoms with Crippen molar-refractivity contribution < 1.29 is 9.59 Å². The number of nitrogens with two attached hydrogens (primary N) is 1. The van der Waals surface area contributed by atoms with Crippen molar-refractivity contribution in [2.45, 2.75) is 26.3 Å². The van der Waals surface area contributed by atoms with Crippen molar-refractivity contribution in [3.8, 4) is 0 Å². The molecule has 0 bridgehead atoms. The second kappa shape index (κ2) is 9.92. The molecule has 1 atom stereocenters. The molecule has 166 valence electrons. The third-order valence-electron chi connectivity index (χ3n) is 5.63. The highest BCUT2D eigenvalue weighted by molar-refractivity contribution is 7.79. The van der Waals surface area contributed by atoms with E-state index in [-0.39, 0.29) is 17.4 Å². The molecule has 2 amide bonds. The lowest BCUT2D eigenvalue weighted by molar-refractivity contribution is 0.0997. The van der Waals surface area contributed by atoms with Crippen LogP contribution < -0.4 is 16.4 Å². The van der Waals surface area contributed by atoms with E-state index in [0.29, 0.717) is 11.1 Å². The fourth-order valence-corrected chi connectivity index (χ4v) is 4.10. The molecule has 0 spiro atoms. The summed E-state index contributed by atoms with van der Waals surface area (Å²) in [4.78, 5) is 24.3. The second-order valence-corrected chi connectivity index (χ2v) is 8.42. The molecule has 0 fully saturated rings. The van der Waals surface area contributed by atoms with Crippen molar-refractivity contribution >= 4 is 35.8 Å². The SMILES string of the molecule is CC1(C)Cc2cc(C(N)=O)ccc2NC1c1cccc(C(=O)Nc2ccccc2)c1.CS. The van der Waals surface area contributed by atoms with Gasteiger partial charge in [-0.3, -0.25) is 9.59 Å².